The van der Waals surface area contributed by atoms with E-state index in [1.165, 1.54) is 12.8 Å². The smallest absolute Gasteiger partial charge is 0.272 e. The number of hydrogen-bond donors (Lipinski definition) is 1. The molecule has 0 spiro atoms. The summed E-state index contributed by atoms with van der Waals surface area (Å²) in [5.41, 5.74) is 1.47. The Morgan fingerprint density at radius 3 is 3.04 bits per heavy atom. The lowest BCUT2D eigenvalue weighted by molar-refractivity contribution is 0.0894. The normalized spacial score (nSPS) is 21.8. The molecular weight excluding hydrogens is 306 g/mol. The summed E-state index contributed by atoms with van der Waals surface area (Å²) in [7, 11) is 1.81. The van der Waals surface area contributed by atoms with Gasteiger partial charge in [-0.05, 0) is 38.3 Å². The summed E-state index contributed by atoms with van der Waals surface area (Å²) in [4.78, 5) is 14.6. The van der Waals surface area contributed by atoms with Crippen LogP contribution >= 0.6 is 0 Å². The highest BCUT2D eigenvalue weighted by atomic mass is 16.5. The summed E-state index contributed by atoms with van der Waals surface area (Å²) in [5, 5.41) is 11.4. The van der Waals surface area contributed by atoms with Gasteiger partial charge in [0.1, 0.15) is 11.5 Å². The molecule has 7 nitrogen and oxygen atoms in total. The van der Waals surface area contributed by atoms with Gasteiger partial charge in [0.2, 0.25) is 0 Å². The zero-order chi connectivity index (χ0) is 16.5. The fourth-order valence-electron chi connectivity index (χ4n) is 3.30. The Hall–Kier alpha value is -2.15. The molecule has 128 valence electrons. The highest BCUT2D eigenvalue weighted by Gasteiger charge is 2.28. The second-order valence-corrected chi connectivity index (χ2v) is 6.92. The van der Waals surface area contributed by atoms with Crippen LogP contribution in [0.1, 0.15) is 53.5 Å². The van der Waals surface area contributed by atoms with Gasteiger partial charge in [0.05, 0.1) is 5.69 Å². The number of nitrogens with one attached hydrogen (secondary N) is 1. The monoisotopic (exact) mass is 329 g/mol. The average Bonchev–Trinajstić information content (AvgIpc) is 3.16. The van der Waals surface area contributed by atoms with Crippen molar-refractivity contribution in [2.24, 2.45) is 7.05 Å². The minimum absolute atomic E-state index is 0.0973. The van der Waals surface area contributed by atoms with Crippen LogP contribution in [0.3, 0.4) is 0 Å². The lowest BCUT2D eigenvalue weighted by atomic mass is 10.1. The quantitative estimate of drug-likeness (QED) is 0.903. The number of aromatic nitrogens is 3. The van der Waals surface area contributed by atoms with Crippen LogP contribution in [0.15, 0.2) is 22.9 Å². The summed E-state index contributed by atoms with van der Waals surface area (Å²) in [6.45, 7) is 2.65. The molecule has 4 rings (SSSR count). The van der Waals surface area contributed by atoms with Gasteiger partial charge < -0.3 is 9.84 Å². The van der Waals surface area contributed by atoms with Gasteiger partial charge in [-0.25, -0.2) is 0 Å². The number of carbonyl (C=O) groups excluding carboxylic acids is 1. The van der Waals surface area contributed by atoms with Crippen molar-refractivity contribution in [2.45, 2.75) is 44.2 Å². The molecule has 3 heterocycles. The van der Waals surface area contributed by atoms with Crippen molar-refractivity contribution in [3.8, 4) is 0 Å². The van der Waals surface area contributed by atoms with E-state index in [-0.39, 0.29) is 11.9 Å². The summed E-state index contributed by atoms with van der Waals surface area (Å²) in [6, 6.07) is 3.99. The number of nitrogens with zero attached hydrogens (tertiary/aromatic N) is 4. The lowest BCUT2D eigenvalue weighted by Gasteiger charge is -2.32. The third-order valence-electron chi connectivity index (χ3n) is 4.73. The Bertz CT molecular complexity index is 718. The first-order valence-electron chi connectivity index (χ1n) is 8.66. The van der Waals surface area contributed by atoms with Crippen molar-refractivity contribution in [3.05, 3.63) is 35.5 Å². The van der Waals surface area contributed by atoms with E-state index in [0.717, 1.165) is 43.9 Å². The number of rotatable bonds is 5. The van der Waals surface area contributed by atoms with Gasteiger partial charge in [0, 0.05) is 44.4 Å². The van der Waals surface area contributed by atoms with Crippen LogP contribution in [0.4, 0.5) is 0 Å². The van der Waals surface area contributed by atoms with Crippen molar-refractivity contribution in [2.75, 3.05) is 13.1 Å². The van der Waals surface area contributed by atoms with Crippen molar-refractivity contribution < 1.29 is 9.32 Å². The predicted molar refractivity (Wildman–Crippen MR) is 87.5 cm³/mol. The van der Waals surface area contributed by atoms with Crippen LogP contribution < -0.4 is 5.32 Å². The Kier molecular flexibility index (Phi) is 4.10. The van der Waals surface area contributed by atoms with Gasteiger partial charge in [0.25, 0.3) is 5.91 Å². The highest BCUT2D eigenvalue weighted by molar-refractivity contribution is 5.92. The van der Waals surface area contributed by atoms with Crippen molar-refractivity contribution in [3.63, 3.8) is 0 Å². The van der Waals surface area contributed by atoms with Crippen LogP contribution in [0.2, 0.25) is 0 Å². The maximum Gasteiger partial charge on any atom is 0.272 e. The summed E-state index contributed by atoms with van der Waals surface area (Å²) in [5.74, 6) is 1.53. The van der Waals surface area contributed by atoms with E-state index in [1.54, 1.807) is 16.9 Å². The molecule has 1 amide bonds. The van der Waals surface area contributed by atoms with Crippen LogP contribution in [-0.4, -0.2) is 44.9 Å². The number of aryl methyl sites for hydroxylation is 1. The maximum atomic E-state index is 12.2. The van der Waals surface area contributed by atoms with E-state index in [9.17, 15) is 4.79 Å². The molecule has 2 aliphatic rings. The standard InChI is InChI=1S/C17H23N5O2/c1-21-8-6-15(19-21)17(23)18-13-3-2-7-22(10-13)11-14-9-16(24-20-14)12-4-5-12/h6,8-9,12-13H,2-5,7,10-11H2,1H3,(H,18,23). The summed E-state index contributed by atoms with van der Waals surface area (Å²) >= 11 is 0. The van der Waals surface area contributed by atoms with Crippen LogP contribution in [0.25, 0.3) is 0 Å². The molecule has 24 heavy (non-hydrogen) atoms. The number of amides is 1. The topological polar surface area (TPSA) is 76.2 Å². The predicted octanol–water partition coefficient (Wildman–Crippen LogP) is 1.68. The first-order chi connectivity index (χ1) is 11.7. The van der Waals surface area contributed by atoms with E-state index in [0.29, 0.717) is 11.6 Å². The van der Waals surface area contributed by atoms with Gasteiger partial charge in [0.15, 0.2) is 0 Å². The fourth-order valence-corrected chi connectivity index (χ4v) is 3.30. The number of likely N-dealkylation sites (tertiary alicyclic amines) is 1. The fraction of sp³-hybridized carbons (Fsp3) is 0.588. The molecule has 7 heteroatoms. The van der Waals surface area contributed by atoms with Crippen LogP contribution in [0.5, 0.6) is 0 Å². The minimum Gasteiger partial charge on any atom is -0.361 e. The van der Waals surface area contributed by atoms with E-state index in [2.05, 4.69) is 26.5 Å². The Balaban J connectivity index is 1.32. The third-order valence-corrected chi connectivity index (χ3v) is 4.73. The Morgan fingerprint density at radius 2 is 2.29 bits per heavy atom. The van der Waals surface area contributed by atoms with Crippen molar-refractivity contribution in [1.29, 1.82) is 0 Å². The lowest BCUT2D eigenvalue weighted by Crippen LogP contribution is -2.47. The summed E-state index contributed by atoms with van der Waals surface area (Å²) < 4.78 is 7.07. The van der Waals surface area contributed by atoms with Crippen LogP contribution in [-0.2, 0) is 13.6 Å². The van der Waals surface area contributed by atoms with E-state index >= 15 is 0 Å². The molecule has 1 saturated carbocycles. The molecule has 1 unspecified atom stereocenters. The van der Waals surface area contributed by atoms with Gasteiger partial charge in [-0.3, -0.25) is 14.4 Å². The molecule has 0 radical (unpaired) electrons. The third kappa shape index (κ3) is 3.51. The van der Waals surface area contributed by atoms with Gasteiger partial charge in [-0.1, -0.05) is 5.16 Å². The average molecular weight is 329 g/mol. The first-order valence-corrected chi connectivity index (χ1v) is 8.66. The second-order valence-electron chi connectivity index (χ2n) is 6.92. The number of hydrogen-bond acceptors (Lipinski definition) is 5. The number of carbonyl (C=O) groups is 1. The maximum absolute atomic E-state index is 12.2. The van der Waals surface area contributed by atoms with E-state index in [4.69, 9.17) is 4.52 Å². The molecule has 1 saturated heterocycles. The van der Waals surface area contributed by atoms with Gasteiger partial charge >= 0.3 is 0 Å². The Labute approximate surface area is 141 Å². The molecule has 1 N–H and O–H groups in total. The van der Waals surface area contributed by atoms with Crippen LogP contribution in [0, 0.1) is 0 Å². The zero-order valence-corrected chi connectivity index (χ0v) is 13.9. The minimum atomic E-state index is -0.0973. The summed E-state index contributed by atoms with van der Waals surface area (Å²) in [6.07, 6.45) is 6.30. The number of piperidine rings is 1. The molecule has 0 bridgehead atoms. The molecule has 2 aromatic rings. The van der Waals surface area contributed by atoms with Crippen molar-refractivity contribution in [1.82, 2.24) is 25.2 Å². The van der Waals surface area contributed by atoms with Crippen molar-refractivity contribution >= 4 is 5.91 Å². The largest absolute Gasteiger partial charge is 0.361 e. The molecule has 2 fully saturated rings. The highest BCUT2D eigenvalue weighted by Crippen LogP contribution is 2.40. The second kappa shape index (κ2) is 6.39. The molecular formula is C17H23N5O2. The Morgan fingerprint density at radius 1 is 1.42 bits per heavy atom. The molecule has 1 aliphatic carbocycles. The van der Waals surface area contributed by atoms with E-state index in [1.807, 2.05) is 7.05 Å². The zero-order valence-electron chi connectivity index (χ0n) is 13.9. The van der Waals surface area contributed by atoms with E-state index < -0.39 is 0 Å². The molecule has 2 aromatic heterocycles. The molecule has 1 aliphatic heterocycles. The van der Waals surface area contributed by atoms with Gasteiger partial charge in [-0.15, -0.1) is 0 Å². The molecule has 0 aromatic carbocycles. The molecule has 1 atom stereocenters. The first kappa shape index (κ1) is 15.4. The van der Waals surface area contributed by atoms with Gasteiger partial charge in [-0.2, -0.15) is 5.10 Å². The SMILES string of the molecule is Cn1ccc(C(=O)NC2CCCN(Cc3cc(C4CC4)on3)C2)n1.